The quantitative estimate of drug-likeness (QED) is 0.838. The molecule has 20 heavy (non-hydrogen) atoms. The lowest BCUT2D eigenvalue weighted by molar-refractivity contribution is 0.0748. The predicted octanol–water partition coefficient (Wildman–Crippen LogP) is 3.43. The zero-order chi connectivity index (χ0) is 14.5. The molecule has 0 aromatic carbocycles. The molecule has 0 radical (unpaired) electrons. The summed E-state index contributed by atoms with van der Waals surface area (Å²) in [5.74, 6) is 1.40. The van der Waals surface area contributed by atoms with Gasteiger partial charge in [0.05, 0.1) is 10.6 Å². The molecule has 5 heteroatoms. The highest BCUT2D eigenvalue weighted by molar-refractivity contribution is 6.33. The van der Waals surface area contributed by atoms with Gasteiger partial charge in [-0.3, -0.25) is 4.79 Å². The average Bonchev–Trinajstić information content (AvgIpc) is 3.24. The second kappa shape index (κ2) is 6.93. The summed E-state index contributed by atoms with van der Waals surface area (Å²) in [5.41, 5.74) is 0.548. The molecule has 0 spiro atoms. The van der Waals surface area contributed by atoms with Gasteiger partial charge in [0, 0.05) is 25.8 Å². The van der Waals surface area contributed by atoms with Crippen LogP contribution >= 0.6 is 11.6 Å². The van der Waals surface area contributed by atoms with Crippen LogP contribution in [0.5, 0.6) is 0 Å². The van der Waals surface area contributed by atoms with Crippen LogP contribution in [0, 0.1) is 5.92 Å². The van der Waals surface area contributed by atoms with Crippen LogP contribution in [0.1, 0.15) is 43.5 Å². The number of hydrogen-bond acceptors (Lipinski definition) is 3. The summed E-state index contributed by atoms with van der Waals surface area (Å²) in [6.07, 6.45) is 4.98. The Labute approximate surface area is 125 Å². The van der Waals surface area contributed by atoms with E-state index in [0.717, 1.165) is 26.1 Å². The predicted molar refractivity (Wildman–Crippen MR) is 82.3 cm³/mol. The normalized spacial score (nSPS) is 14.2. The van der Waals surface area contributed by atoms with Gasteiger partial charge in [0.25, 0.3) is 5.91 Å². The Balaban J connectivity index is 2.17. The number of hydrogen-bond donors (Lipinski definition) is 1. The van der Waals surface area contributed by atoms with E-state index >= 15 is 0 Å². The number of carbonyl (C=O) groups is 1. The molecule has 1 saturated carbocycles. The standard InChI is InChI=1S/C15H22ClN3O/c1-3-7-19(10-11-5-6-11)15(20)12-8-14(17-4-2)18-9-13(12)16/h8-9,11H,3-7,10H2,1-2H3,(H,17,18). The lowest BCUT2D eigenvalue weighted by Gasteiger charge is -2.22. The lowest BCUT2D eigenvalue weighted by Crippen LogP contribution is -2.34. The Hall–Kier alpha value is -1.29. The summed E-state index contributed by atoms with van der Waals surface area (Å²) in [6, 6.07) is 1.75. The fourth-order valence-electron chi connectivity index (χ4n) is 2.21. The first-order valence-corrected chi connectivity index (χ1v) is 7.72. The number of carbonyl (C=O) groups excluding carboxylic acids is 1. The van der Waals surface area contributed by atoms with Gasteiger partial charge in [0.15, 0.2) is 0 Å². The van der Waals surface area contributed by atoms with Crippen molar-refractivity contribution in [3.05, 3.63) is 22.8 Å². The fraction of sp³-hybridized carbons (Fsp3) is 0.600. The minimum Gasteiger partial charge on any atom is -0.370 e. The first kappa shape index (κ1) is 15.1. The van der Waals surface area contributed by atoms with Gasteiger partial charge < -0.3 is 10.2 Å². The van der Waals surface area contributed by atoms with Crippen molar-refractivity contribution in [3.8, 4) is 0 Å². The first-order chi connectivity index (χ1) is 9.65. The number of nitrogens with one attached hydrogen (secondary N) is 1. The minimum atomic E-state index is 0.0188. The van der Waals surface area contributed by atoms with Gasteiger partial charge in [-0.05, 0) is 38.2 Å². The second-order valence-corrected chi connectivity index (χ2v) is 5.68. The van der Waals surface area contributed by atoms with E-state index < -0.39 is 0 Å². The average molecular weight is 296 g/mol. The van der Waals surface area contributed by atoms with E-state index in [1.165, 1.54) is 12.8 Å². The van der Waals surface area contributed by atoms with Crippen molar-refractivity contribution < 1.29 is 4.79 Å². The maximum absolute atomic E-state index is 12.7. The largest absolute Gasteiger partial charge is 0.370 e. The Morgan fingerprint density at radius 1 is 1.50 bits per heavy atom. The van der Waals surface area contributed by atoms with Crippen LogP contribution in [0.25, 0.3) is 0 Å². The van der Waals surface area contributed by atoms with Gasteiger partial charge in [-0.1, -0.05) is 18.5 Å². The summed E-state index contributed by atoms with van der Waals surface area (Å²) >= 11 is 6.15. The molecule has 1 fully saturated rings. The molecule has 1 aromatic rings. The topological polar surface area (TPSA) is 45.2 Å². The molecule has 1 aromatic heterocycles. The van der Waals surface area contributed by atoms with Crippen molar-refractivity contribution in [2.24, 2.45) is 5.92 Å². The van der Waals surface area contributed by atoms with Crippen molar-refractivity contribution >= 4 is 23.3 Å². The Morgan fingerprint density at radius 2 is 2.25 bits per heavy atom. The van der Waals surface area contributed by atoms with Crippen molar-refractivity contribution in [2.45, 2.75) is 33.1 Å². The van der Waals surface area contributed by atoms with Crippen LogP contribution in [-0.2, 0) is 0 Å². The summed E-state index contributed by atoms with van der Waals surface area (Å²) in [7, 11) is 0. The third-order valence-electron chi connectivity index (χ3n) is 3.40. The van der Waals surface area contributed by atoms with E-state index in [4.69, 9.17) is 11.6 Å². The number of halogens is 1. The number of amides is 1. The van der Waals surface area contributed by atoms with E-state index in [1.807, 2.05) is 11.8 Å². The zero-order valence-corrected chi connectivity index (χ0v) is 12.9. The number of anilines is 1. The zero-order valence-electron chi connectivity index (χ0n) is 12.2. The van der Waals surface area contributed by atoms with Gasteiger partial charge in [0.1, 0.15) is 5.82 Å². The van der Waals surface area contributed by atoms with Crippen LogP contribution in [0.2, 0.25) is 5.02 Å². The number of aromatic nitrogens is 1. The number of pyridine rings is 1. The van der Waals surface area contributed by atoms with E-state index in [9.17, 15) is 4.79 Å². The highest BCUT2D eigenvalue weighted by atomic mass is 35.5. The maximum Gasteiger partial charge on any atom is 0.255 e. The minimum absolute atomic E-state index is 0.0188. The molecular formula is C15H22ClN3O. The van der Waals surface area contributed by atoms with Crippen molar-refractivity contribution in [1.29, 1.82) is 0 Å². The molecule has 1 aliphatic rings. The Bertz CT molecular complexity index is 474. The fourth-order valence-corrected chi connectivity index (χ4v) is 2.39. The molecule has 0 saturated heterocycles. The molecule has 2 rings (SSSR count). The van der Waals surface area contributed by atoms with Gasteiger partial charge in [-0.15, -0.1) is 0 Å². The molecule has 1 aliphatic carbocycles. The number of rotatable bonds is 7. The van der Waals surface area contributed by atoms with Gasteiger partial charge in [-0.25, -0.2) is 4.98 Å². The van der Waals surface area contributed by atoms with E-state index in [1.54, 1.807) is 12.3 Å². The highest BCUT2D eigenvalue weighted by Crippen LogP contribution is 2.31. The molecule has 0 unspecified atom stereocenters. The van der Waals surface area contributed by atoms with Gasteiger partial charge in [-0.2, -0.15) is 0 Å². The van der Waals surface area contributed by atoms with Crippen LogP contribution in [0.15, 0.2) is 12.3 Å². The Kier molecular flexibility index (Phi) is 5.24. The first-order valence-electron chi connectivity index (χ1n) is 7.34. The van der Waals surface area contributed by atoms with Gasteiger partial charge >= 0.3 is 0 Å². The number of nitrogens with zero attached hydrogens (tertiary/aromatic N) is 2. The molecule has 4 nitrogen and oxygen atoms in total. The SMILES string of the molecule is CCCN(CC1CC1)C(=O)c1cc(NCC)ncc1Cl. The highest BCUT2D eigenvalue weighted by Gasteiger charge is 2.27. The molecule has 1 heterocycles. The monoisotopic (exact) mass is 295 g/mol. The van der Waals surface area contributed by atoms with Gasteiger partial charge in [0.2, 0.25) is 0 Å². The molecule has 1 amide bonds. The van der Waals surface area contributed by atoms with E-state index in [2.05, 4.69) is 17.2 Å². The van der Waals surface area contributed by atoms with Crippen molar-refractivity contribution in [2.75, 3.05) is 25.0 Å². The molecule has 110 valence electrons. The third kappa shape index (κ3) is 3.85. The van der Waals surface area contributed by atoms with E-state index in [0.29, 0.717) is 22.3 Å². The van der Waals surface area contributed by atoms with Crippen LogP contribution < -0.4 is 5.32 Å². The summed E-state index contributed by atoms with van der Waals surface area (Å²) in [4.78, 5) is 18.8. The van der Waals surface area contributed by atoms with Crippen LogP contribution in [-0.4, -0.2) is 35.4 Å². The van der Waals surface area contributed by atoms with Crippen molar-refractivity contribution in [3.63, 3.8) is 0 Å². The van der Waals surface area contributed by atoms with E-state index in [-0.39, 0.29) is 5.91 Å². The maximum atomic E-state index is 12.7. The molecule has 0 aliphatic heterocycles. The summed E-state index contributed by atoms with van der Waals surface area (Å²) in [6.45, 7) is 6.48. The molecule has 1 N–H and O–H groups in total. The summed E-state index contributed by atoms with van der Waals surface area (Å²) < 4.78 is 0. The Morgan fingerprint density at radius 3 is 2.85 bits per heavy atom. The third-order valence-corrected chi connectivity index (χ3v) is 3.70. The van der Waals surface area contributed by atoms with Crippen LogP contribution in [0.4, 0.5) is 5.82 Å². The second-order valence-electron chi connectivity index (χ2n) is 5.27. The smallest absolute Gasteiger partial charge is 0.255 e. The molecular weight excluding hydrogens is 274 g/mol. The van der Waals surface area contributed by atoms with Crippen molar-refractivity contribution in [1.82, 2.24) is 9.88 Å². The summed E-state index contributed by atoms with van der Waals surface area (Å²) in [5, 5.41) is 3.54. The molecule has 0 atom stereocenters. The molecule has 0 bridgehead atoms. The van der Waals surface area contributed by atoms with Crippen LogP contribution in [0.3, 0.4) is 0 Å². The lowest BCUT2D eigenvalue weighted by atomic mass is 10.2.